The zero-order chi connectivity index (χ0) is 11.4. The first-order valence-electron chi connectivity index (χ1n) is 5.61. The van der Waals surface area contributed by atoms with Crippen molar-refractivity contribution >= 4 is 11.3 Å². The summed E-state index contributed by atoms with van der Waals surface area (Å²) in [5.41, 5.74) is 7.59. The van der Waals surface area contributed by atoms with Gasteiger partial charge in [-0.1, -0.05) is 13.8 Å². The number of nitrogens with zero attached hydrogens (tertiary/aromatic N) is 1. The maximum atomic E-state index is 6.22. The third kappa shape index (κ3) is 2.80. The SMILES string of the molecule is CCC(N)C(c1sccc1C)N(C)CC. The van der Waals surface area contributed by atoms with E-state index < -0.39 is 0 Å². The lowest BCUT2D eigenvalue weighted by Gasteiger charge is -2.31. The van der Waals surface area contributed by atoms with Crippen LogP contribution in [0.4, 0.5) is 0 Å². The van der Waals surface area contributed by atoms with Crippen LogP contribution in [0, 0.1) is 6.92 Å². The van der Waals surface area contributed by atoms with E-state index in [1.54, 1.807) is 0 Å². The second kappa shape index (κ2) is 5.64. The van der Waals surface area contributed by atoms with Gasteiger partial charge in [-0.15, -0.1) is 11.3 Å². The Kier molecular flexibility index (Phi) is 4.77. The summed E-state index contributed by atoms with van der Waals surface area (Å²) in [5, 5.41) is 2.16. The molecule has 2 N–H and O–H groups in total. The normalized spacial score (nSPS) is 15.6. The highest BCUT2D eigenvalue weighted by atomic mass is 32.1. The standard InChI is InChI=1S/C12H22N2S/c1-5-10(13)11(14(4)6-2)12-9(3)7-8-15-12/h7-8,10-11H,5-6,13H2,1-4H3. The Balaban J connectivity index is 2.96. The third-order valence-corrected chi connectivity index (χ3v) is 4.11. The van der Waals surface area contributed by atoms with E-state index in [0.717, 1.165) is 13.0 Å². The highest BCUT2D eigenvalue weighted by Gasteiger charge is 2.24. The molecule has 0 aliphatic heterocycles. The average molecular weight is 226 g/mol. The fraction of sp³-hybridized carbons (Fsp3) is 0.667. The number of hydrogen-bond donors (Lipinski definition) is 1. The van der Waals surface area contributed by atoms with Gasteiger partial charge in [-0.2, -0.15) is 0 Å². The minimum absolute atomic E-state index is 0.229. The third-order valence-electron chi connectivity index (χ3n) is 3.02. The molecule has 0 amide bonds. The molecule has 3 heteroatoms. The van der Waals surface area contributed by atoms with E-state index in [1.807, 2.05) is 11.3 Å². The maximum Gasteiger partial charge on any atom is 0.0593 e. The molecular weight excluding hydrogens is 204 g/mol. The molecule has 1 rings (SSSR count). The first-order valence-corrected chi connectivity index (χ1v) is 6.49. The topological polar surface area (TPSA) is 29.3 Å². The fourth-order valence-corrected chi connectivity index (χ4v) is 3.00. The minimum atomic E-state index is 0.229. The lowest BCUT2D eigenvalue weighted by atomic mass is 10.0. The zero-order valence-electron chi connectivity index (χ0n) is 10.2. The van der Waals surface area contributed by atoms with E-state index >= 15 is 0 Å². The van der Waals surface area contributed by atoms with E-state index in [-0.39, 0.29) is 6.04 Å². The van der Waals surface area contributed by atoms with E-state index in [9.17, 15) is 0 Å². The Morgan fingerprint density at radius 2 is 2.13 bits per heavy atom. The molecule has 2 nitrogen and oxygen atoms in total. The molecule has 15 heavy (non-hydrogen) atoms. The minimum Gasteiger partial charge on any atom is -0.326 e. The Morgan fingerprint density at radius 1 is 1.47 bits per heavy atom. The van der Waals surface area contributed by atoms with Crippen molar-refractivity contribution in [3.63, 3.8) is 0 Å². The van der Waals surface area contributed by atoms with E-state index in [2.05, 4.69) is 44.2 Å². The molecule has 0 aliphatic rings. The molecule has 0 fully saturated rings. The molecule has 0 saturated heterocycles. The molecule has 1 heterocycles. The number of thiophene rings is 1. The average Bonchev–Trinajstić information content (AvgIpc) is 2.64. The number of nitrogens with two attached hydrogens (primary N) is 1. The van der Waals surface area contributed by atoms with Gasteiger partial charge in [-0.3, -0.25) is 4.90 Å². The van der Waals surface area contributed by atoms with Crippen LogP contribution in [0.15, 0.2) is 11.4 Å². The zero-order valence-corrected chi connectivity index (χ0v) is 11.0. The molecule has 0 spiro atoms. The van der Waals surface area contributed by atoms with Crippen molar-refractivity contribution in [3.8, 4) is 0 Å². The summed E-state index contributed by atoms with van der Waals surface area (Å²) < 4.78 is 0. The van der Waals surface area contributed by atoms with Crippen molar-refractivity contribution in [1.82, 2.24) is 4.90 Å². The van der Waals surface area contributed by atoms with Gasteiger partial charge >= 0.3 is 0 Å². The summed E-state index contributed by atoms with van der Waals surface area (Å²) in [6.07, 6.45) is 1.02. The number of likely N-dealkylation sites (N-methyl/N-ethyl adjacent to an activating group) is 1. The molecule has 1 aromatic rings. The van der Waals surface area contributed by atoms with Crippen LogP contribution >= 0.6 is 11.3 Å². The van der Waals surface area contributed by atoms with Crippen LogP contribution in [-0.2, 0) is 0 Å². The molecule has 0 radical (unpaired) electrons. The van der Waals surface area contributed by atoms with Gasteiger partial charge in [-0.05, 0) is 43.9 Å². The van der Waals surface area contributed by atoms with Gasteiger partial charge in [0.1, 0.15) is 0 Å². The van der Waals surface area contributed by atoms with Crippen LogP contribution < -0.4 is 5.73 Å². The molecular formula is C12H22N2S. The fourth-order valence-electron chi connectivity index (χ4n) is 1.83. The van der Waals surface area contributed by atoms with Crippen LogP contribution in [0.5, 0.6) is 0 Å². The van der Waals surface area contributed by atoms with Gasteiger partial charge in [0, 0.05) is 10.9 Å². The summed E-state index contributed by atoms with van der Waals surface area (Å²) in [4.78, 5) is 3.76. The Labute approximate surface area is 97.1 Å². The predicted octanol–water partition coefficient (Wildman–Crippen LogP) is 2.79. The number of hydrogen-bond acceptors (Lipinski definition) is 3. The van der Waals surface area contributed by atoms with Crippen LogP contribution in [0.3, 0.4) is 0 Å². The maximum absolute atomic E-state index is 6.22. The van der Waals surface area contributed by atoms with Crippen molar-refractivity contribution in [3.05, 3.63) is 21.9 Å². The van der Waals surface area contributed by atoms with Crippen LogP contribution in [-0.4, -0.2) is 24.5 Å². The smallest absolute Gasteiger partial charge is 0.0593 e. The van der Waals surface area contributed by atoms with Crippen molar-refractivity contribution in [2.75, 3.05) is 13.6 Å². The number of aryl methyl sites for hydroxylation is 1. The summed E-state index contributed by atoms with van der Waals surface area (Å²) in [6, 6.07) is 2.78. The van der Waals surface area contributed by atoms with Crippen molar-refractivity contribution in [2.24, 2.45) is 5.73 Å². The second-order valence-electron chi connectivity index (χ2n) is 4.06. The lowest BCUT2D eigenvalue weighted by Crippen LogP contribution is -2.38. The van der Waals surface area contributed by atoms with Crippen LogP contribution in [0.1, 0.15) is 36.8 Å². The Morgan fingerprint density at radius 3 is 2.53 bits per heavy atom. The van der Waals surface area contributed by atoms with Crippen LogP contribution in [0.2, 0.25) is 0 Å². The van der Waals surface area contributed by atoms with Crippen molar-refractivity contribution < 1.29 is 0 Å². The van der Waals surface area contributed by atoms with Gasteiger partial charge in [-0.25, -0.2) is 0 Å². The highest BCUT2D eigenvalue weighted by Crippen LogP contribution is 2.30. The molecule has 0 aromatic carbocycles. The molecule has 1 aromatic heterocycles. The van der Waals surface area contributed by atoms with Gasteiger partial charge in [0.05, 0.1) is 6.04 Å². The summed E-state index contributed by atoms with van der Waals surface area (Å²) in [7, 11) is 2.15. The molecule has 0 bridgehead atoms. The van der Waals surface area contributed by atoms with Gasteiger partial charge < -0.3 is 5.73 Å². The van der Waals surface area contributed by atoms with Crippen molar-refractivity contribution in [1.29, 1.82) is 0 Å². The van der Waals surface area contributed by atoms with E-state index in [1.165, 1.54) is 10.4 Å². The summed E-state index contributed by atoms with van der Waals surface area (Å²) in [5.74, 6) is 0. The molecule has 2 unspecified atom stereocenters. The van der Waals surface area contributed by atoms with Gasteiger partial charge in [0.2, 0.25) is 0 Å². The molecule has 2 atom stereocenters. The highest BCUT2D eigenvalue weighted by molar-refractivity contribution is 7.10. The second-order valence-corrected chi connectivity index (χ2v) is 5.01. The van der Waals surface area contributed by atoms with Crippen molar-refractivity contribution in [2.45, 2.75) is 39.3 Å². The largest absolute Gasteiger partial charge is 0.326 e. The monoisotopic (exact) mass is 226 g/mol. The lowest BCUT2D eigenvalue weighted by molar-refractivity contribution is 0.222. The first-order chi connectivity index (χ1) is 7.11. The van der Waals surface area contributed by atoms with Crippen LogP contribution in [0.25, 0.3) is 0 Å². The van der Waals surface area contributed by atoms with Gasteiger partial charge in [0.25, 0.3) is 0 Å². The first kappa shape index (κ1) is 12.7. The molecule has 86 valence electrons. The quantitative estimate of drug-likeness (QED) is 0.836. The van der Waals surface area contributed by atoms with E-state index in [4.69, 9.17) is 5.73 Å². The van der Waals surface area contributed by atoms with Gasteiger partial charge in [0.15, 0.2) is 0 Å². The molecule has 0 saturated carbocycles. The summed E-state index contributed by atoms with van der Waals surface area (Å²) >= 11 is 1.82. The Hall–Kier alpha value is -0.380. The summed E-state index contributed by atoms with van der Waals surface area (Å²) in [6.45, 7) is 7.54. The predicted molar refractivity (Wildman–Crippen MR) is 68.4 cm³/mol. The molecule has 0 aliphatic carbocycles. The Bertz CT molecular complexity index is 286. The number of rotatable bonds is 5. The van der Waals surface area contributed by atoms with E-state index in [0.29, 0.717) is 6.04 Å².